The molecule has 0 saturated heterocycles. The molecule has 1 amide bonds. The van der Waals surface area contributed by atoms with Gasteiger partial charge in [-0.1, -0.05) is 18.2 Å². The smallest absolute Gasteiger partial charge is 0.221 e. The summed E-state index contributed by atoms with van der Waals surface area (Å²) in [4.78, 5) is 14.6. The number of rotatable bonds is 8. The van der Waals surface area contributed by atoms with Gasteiger partial charge in [0.2, 0.25) is 5.91 Å². The van der Waals surface area contributed by atoms with E-state index in [1.807, 2.05) is 41.8 Å². The van der Waals surface area contributed by atoms with E-state index in [9.17, 15) is 9.18 Å². The summed E-state index contributed by atoms with van der Waals surface area (Å²) in [5.41, 5.74) is 0.870. The summed E-state index contributed by atoms with van der Waals surface area (Å²) in [6, 6.07) is 17.7. The molecule has 1 N–H and O–H groups in total. The third kappa shape index (κ3) is 5.58. The second-order valence-corrected chi connectivity index (χ2v) is 7.99. The van der Waals surface area contributed by atoms with E-state index >= 15 is 0 Å². The molecule has 0 aliphatic rings. The second kappa shape index (κ2) is 9.58. The molecule has 1 atom stereocenters. The number of hydrogen-bond acceptors (Lipinski definition) is 4. The number of halogens is 1. The molecule has 0 saturated carbocycles. The van der Waals surface area contributed by atoms with Crippen LogP contribution >= 0.6 is 23.1 Å². The van der Waals surface area contributed by atoms with Crippen LogP contribution in [0.3, 0.4) is 0 Å². The minimum atomic E-state index is -0.286. The number of ether oxygens (including phenoxy) is 1. The van der Waals surface area contributed by atoms with Crippen LogP contribution in [0.15, 0.2) is 70.9 Å². The zero-order valence-corrected chi connectivity index (χ0v) is 16.5. The van der Waals surface area contributed by atoms with Gasteiger partial charge in [0.25, 0.3) is 0 Å². The average molecular weight is 402 g/mol. The van der Waals surface area contributed by atoms with Crippen LogP contribution in [0.5, 0.6) is 5.75 Å². The highest BCUT2D eigenvalue weighted by Crippen LogP contribution is 2.27. The molecule has 0 radical (unpaired) electrons. The minimum Gasteiger partial charge on any atom is -0.497 e. The van der Waals surface area contributed by atoms with Gasteiger partial charge in [0.1, 0.15) is 11.6 Å². The summed E-state index contributed by atoms with van der Waals surface area (Å²) in [5.74, 6) is 1.18. The SMILES string of the molecule is COc1ccc(SCCC(=O)NC(c2ccc(F)cc2)c2cccs2)cc1. The summed E-state index contributed by atoms with van der Waals surface area (Å²) in [5, 5.41) is 5.05. The van der Waals surface area contributed by atoms with E-state index in [4.69, 9.17) is 4.74 Å². The number of carbonyl (C=O) groups excluding carboxylic acids is 1. The topological polar surface area (TPSA) is 38.3 Å². The molecule has 2 aromatic carbocycles. The fourth-order valence-electron chi connectivity index (χ4n) is 2.60. The molecule has 0 aliphatic heterocycles. The number of thioether (sulfide) groups is 1. The van der Waals surface area contributed by atoms with Crippen LogP contribution < -0.4 is 10.1 Å². The molecule has 1 unspecified atom stereocenters. The molecular weight excluding hydrogens is 381 g/mol. The van der Waals surface area contributed by atoms with Crippen molar-refractivity contribution in [1.82, 2.24) is 5.32 Å². The van der Waals surface area contributed by atoms with E-state index in [1.165, 1.54) is 12.1 Å². The average Bonchev–Trinajstić information content (AvgIpc) is 3.22. The van der Waals surface area contributed by atoms with Crippen molar-refractivity contribution in [2.24, 2.45) is 0 Å². The van der Waals surface area contributed by atoms with E-state index in [1.54, 1.807) is 42.3 Å². The molecule has 6 heteroatoms. The van der Waals surface area contributed by atoms with Crippen molar-refractivity contribution in [2.45, 2.75) is 17.4 Å². The number of carbonyl (C=O) groups is 1. The van der Waals surface area contributed by atoms with Gasteiger partial charge in [-0.3, -0.25) is 4.79 Å². The summed E-state index contributed by atoms with van der Waals surface area (Å²) in [6.45, 7) is 0. The van der Waals surface area contributed by atoms with Crippen molar-refractivity contribution >= 4 is 29.0 Å². The number of hydrogen-bond donors (Lipinski definition) is 1. The second-order valence-electron chi connectivity index (χ2n) is 5.84. The normalized spacial score (nSPS) is 11.8. The molecule has 1 aromatic heterocycles. The number of nitrogens with one attached hydrogen (secondary N) is 1. The van der Waals surface area contributed by atoms with E-state index in [0.29, 0.717) is 12.2 Å². The maximum Gasteiger partial charge on any atom is 0.221 e. The lowest BCUT2D eigenvalue weighted by molar-refractivity contribution is -0.121. The third-order valence-corrected chi connectivity index (χ3v) is 5.94. The van der Waals surface area contributed by atoms with Gasteiger partial charge in [0, 0.05) is 21.9 Å². The maximum atomic E-state index is 13.2. The largest absolute Gasteiger partial charge is 0.497 e. The summed E-state index contributed by atoms with van der Waals surface area (Å²) in [6.07, 6.45) is 0.403. The Balaban J connectivity index is 1.58. The summed E-state index contributed by atoms with van der Waals surface area (Å²) < 4.78 is 18.4. The van der Waals surface area contributed by atoms with Crippen molar-refractivity contribution in [3.8, 4) is 5.75 Å². The molecule has 27 heavy (non-hydrogen) atoms. The first-order chi connectivity index (χ1) is 13.2. The lowest BCUT2D eigenvalue weighted by Gasteiger charge is -2.18. The fraction of sp³-hybridized carbons (Fsp3) is 0.190. The number of benzene rings is 2. The van der Waals surface area contributed by atoms with Crippen LogP contribution in [-0.4, -0.2) is 18.8 Å². The molecular formula is C21H20FNO2S2. The Bertz CT molecular complexity index is 849. The number of thiophene rings is 1. The van der Waals surface area contributed by atoms with Gasteiger partial charge < -0.3 is 10.1 Å². The van der Waals surface area contributed by atoms with Crippen LogP contribution in [-0.2, 0) is 4.79 Å². The number of methoxy groups -OCH3 is 1. The quantitative estimate of drug-likeness (QED) is 0.522. The highest BCUT2D eigenvalue weighted by Gasteiger charge is 2.18. The lowest BCUT2D eigenvalue weighted by Crippen LogP contribution is -2.29. The summed E-state index contributed by atoms with van der Waals surface area (Å²) >= 11 is 3.20. The Morgan fingerprint density at radius 1 is 1.15 bits per heavy atom. The predicted octanol–water partition coefficient (Wildman–Crippen LogP) is 5.28. The van der Waals surface area contributed by atoms with E-state index in [2.05, 4.69) is 5.32 Å². The monoisotopic (exact) mass is 401 g/mol. The van der Waals surface area contributed by atoms with Crippen molar-refractivity contribution in [2.75, 3.05) is 12.9 Å². The Morgan fingerprint density at radius 3 is 2.52 bits per heavy atom. The molecule has 0 fully saturated rings. The maximum absolute atomic E-state index is 13.2. The zero-order valence-electron chi connectivity index (χ0n) is 14.9. The van der Waals surface area contributed by atoms with Gasteiger partial charge in [0.15, 0.2) is 0 Å². The van der Waals surface area contributed by atoms with Gasteiger partial charge in [-0.25, -0.2) is 4.39 Å². The Morgan fingerprint density at radius 2 is 1.89 bits per heavy atom. The molecule has 3 rings (SSSR count). The van der Waals surface area contributed by atoms with Crippen LogP contribution in [0.1, 0.15) is 22.9 Å². The molecule has 0 bridgehead atoms. The lowest BCUT2D eigenvalue weighted by atomic mass is 10.1. The molecule has 0 spiro atoms. The van der Waals surface area contributed by atoms with Crippen LogP contribution in [0, 0.1) is 5.82 Å². The Hall–Kier alpha value is -2.31. The molecule has 140 valence electrons. The van der Waals surface area contributed by atoms with Gasteiger partial charge in [0.05, 0.1) is 13.2 Å². The van der Waals surface area contributed by atoms with Crippen molar-refractivity contribution in [3.05, 3.63) is 82.3 Å². The van der Waals surface area contributed by atoms with Gasteiger partial charge in [-0.05, 0) is 53.4 Å². The highest BCUT2D eigenvalue weighted by atomic mass is 32.2. The fourth-order valence-corrected chi connectivity index (χ4v) is 4.25. The van der Waals surface area contributed by atoms with Crippen molar-refractivity contribution in [1.29, 1.82) is 0 Å². The summed E-state index contributed by atoms with van der Waals surface area (Å²) in [7, 11) is 1.64. The molecule has 1 heterocycles. The van der Waals surface area contributed by atoms with Crippen LogP contribution in [0.4, 0.5) is 4.39 Å². The first-order valence-corrected chi connectivity index (χ1v) is 10.4. The van der Waals surface area contributed by atoms with Crippen molar-refractivity contribution < 1.29 is 13.9 Å². The van der Waals surface area contributed by atoms with E-state index in [0.717, 1.165) is 21.1 Å². The first-order valence-electron chi connectivity index (χ1n) is 8.51. The first kappa shape index (κ1) is 19.5. The Kier molecular flexibility index (Phi) is 6.90. The van der Waals surface area contributed by atoms with Gasteiger partial charge >= 0.3 is 0 Å². The van der Waals surface area contributed by atoms with E-state index in [-0.39, 0.29) is 17.8 Å². The number of amides is 1. The van der Waals surface area contributed by atoms with Crippen LogP contribution in [0.2, 0.25) is 0 Å². The molecule has 3 nitrogen and oxygen atoms in total. The minimum absolute atomic E-state index is 0.0289. The molecule has 0 aliphatic carbocycles. The highest BCUT2D eigenvalue weighted by molar-refractivity contribution is 7.99. The van der Waals surface area contributed by atoms with Crippen LogP contribution in [0.25, 0.3) is 0 Å². The zero-order chi connectivity index (χ0) is 19.1. The predicted molar refractivity (Wildman–Crippen MR) is 109 cm³/mol. The Labute approximate surface area is 166 Å². The van der Waals surface area contributed by atoms with Crippen molar-refractivity contribution in [3.63, 3.8) is 0 Å². The molecule has 3 aromatic rings. The standard InChI is InChI=1S/C21H20FNO2S2/c1-25-17-8-10-18(11-9-17)26-14-12-20(24)23-21(19-3-2-13-27-19)15-4-6-16(22)7-5-15/h2-11,13,21H,12,14H2,1H3,(H,23,24). The van der Waals surface area contributed by atoms with Gasteiger partial charge in [-0.2, -0.15) is 0 Å². The third-order valence-electron chi connectivity index (χ3n) is 3.99. The van der Waals surface area contributed by atoms with E-state index < -0.39 is 0 Å². The van der Waals surface area contributed by atoms with Gasteiger partial charge in [-0.15, -0.1) is 23.1 Å².